The number of aromatic nitrogens is 2. The Morgan fingerprint density at radius 3 is 2.92 bits per heavy atom. The van der Waals surface area contributed by atoms with Crippen molar-refractivity contribution in [2.24, 2.45) is 0 Å². The van der Waals surface area contributed by atoms with E-state index in [1.165, 1.54) is 0 Å². The molecule has 9 nitrogen and oxygen atoms in total. The Bertz CT molecular complexity index is 1330. The third kappa shape index (κ3) is 5.30. The van der Waals surface area contributed by atoms with Crippen LogP contribution in [-0.2, 0) is 6.42 Å². The third-order valence-electron chi connectivity index (χ3n) is 6.87. The molecule has 1 aliphatic heterocycles. The molecule has 0 saturated carbocycles. The quantitative estimate of drug-likeness (QED) is 0.523. The predicted molar refractivity (Wildman–Crippen MR) is 137 cm³/mol. The minimum Gasteiger partial charge on any atom is -0.490 e. The van der Waals surface area contributed by atoms with Gasteiger partial charge in [0.1, 0.15) is 11.8 Å². The van der Waals surface area contributed by atoms with Gasteiger partial charge in [0.2, 0.25) is 5.82 Å². The van der Waals surface area contributed by atoms with Gasteiger partial charge in [-0.3, -0.25) is 0 Å². The van der Waals surface area contributed by atoms with Crippen LogP contribution in [0.25, 0.3) is 22.8 Å². The SMILES string of the molecule is CC(C)Oc1ccc(-c2nc(-c3cccc4c3CCC[C@H]4NC(=O)N3CCC[C@H](O)C3)no2)cc1C#N. The number of carbonyl (C=O) groups is 1. The zero-order chi connectivity index (χ0) is 25.9. The highest BCUT2D eigenvalue weighted by Gasteiger charge is 2.29. The third-order valence-corrected chi connectivity index (χ3v) is 6.87. The molecule has 1 aliphatic carbocycles. The van der Waals surface area contributed by atoms with Crippen LogP contribution in [0.5, 0.6) is 5.75 Å². The van der Waals surface area contributed by atoms with Crippen molar-refractivity contribution in [2.75, 3.05) is 13.1 Å². The Hall–Kier alpha value is -3.90. The Morgan fingerprint density at radius 2 is 2.14 bits per heavy atom. The molecule has 2 aliphatic rings. The fraction of sp³-hybridized carbons (Fsp3) is 0.429. The number of β-amino-alcohol motifs (C(OH)–C–C–N with tert-alkyl or cyclic N) is 1. The number of aliphatic hydroxyl groups is 1. The number of piperidine rings is 1. The summed E-state index contributed by atoms with van der Waals surface area (Å²) < 4.78 is 11.3. The van der Waals surface area contributed by atoms with E-state index in [2.05, 4.69) is 21.5 Å². The molecule has 3 aromatic rings. The van der Waals surface area contributed by atoms with E-state index in [1.807, 2.05) is 32.0 Å². The number of nitriles is 1. The smallest absolute Gasteiger partial charge is 0.317 e. The van der Waals surface area contributed by atoms with Gasteiger partial charge in [0.25, 0.3) is 5.89 Å². The topological polar surface area (TPSA) is 125 Å². The summed E-state index contributed by atoms with van der Waals surface area (Å²) in [5.74, 6) is 1.31. The van der Waals surface area contributed by atoms with Crippen molar-refractivity contribution < 1.29 is 19.2 Å². The van der Waals surface area contributed by atoms with E-state index in [-0.39, 0.29) is 18.2 Å². The summed E-state index contributed by atoms with van der Waals surface area (Å²) >= 11 is 0. The van der Waals surface area contributed by atoms with Crippen molar-refractivity contribution in [1.82, 2.24) is 20.4 Å². The average Bonchev–Trinajstić information content (AvgIpc) is 3.38. The number of ether oxygens (including phenoxy) is 1. The molecule has 192 valence electrons. The van der Waals surface area contributed by atoms with Crippen molar-refractivity contribution in [3.63, 3.8) is 0 Å². The summed E-state index contributed by atoms with van der Waals surface area (Å²) in [6.45, 7) is 4.85. The summed E-state index contributed by atoms with van der Waals surface area (Å²) in [7, 11) is 0. The number of hydrogen-bond acceptors (Lipinski definition) is 7. The molecule has 0 radical (unpaired) electrons. The fourth-order valence-corrected chi connectivity index (χ4v) is 5.14. The maximum atomic E-state index is 12.9. The molecule has 0 bridgehead atoms. The highest BCUT2D eigenvalue weighted by molar-refractivity contribution is 5.75. The summed E-state index contributed by atoms with van der Waals surface area (Å²) in [4.78, 5) is 19.2. The van der Waals surface area contributed by atoms with Crippen LogP contribution in [0.1, 0.15) is 62.3 Å². The minimum atomic E-state index is -0.458. The number of aliphatic hydroxyl groups excluding tert-OH is 1. The number of amides is 2. The van der Waals surface area contributed by atoms with Gasteiger partial charge < -0.3 is 24.6 Å². The molecule has 2 atom stereocenters. The zero-order valence-electron chi connectivity index (χ0n) is 21.1. The molecule has 37 heavy (non-hydrogen) atoms. The van der Waals surface area contributed by atoms with Gasteiger partial charge in [0, 0.05) is 24.2 Å². The molecule has 1 aromatic heterocycles. The van der Waals surface area contributed by atoms with Crippen molar-refractivity contribution >= 4 is 6.03 Å². The largest absolute Gasteiger partial charge is 0.490 e. The van der Waals surface area contributed by atoms with Gasteiger partial charge >= 0.3 is 6.03 Å². The number of nitrogens with one attached hydrogen (secondary N) is 1. The van der Waals surface area contributed by atoms with Crippen LogP contribution in [0.4, 0.5) is 4.79 Å². The maximum Gasteiger partial charge on any atom is 0.317 e. The summed E-state index contributed by atoms with van der Waals surface area (Å²) in [5, 5.41) is 26.9. The van der Waals surface area contributed by atoms with Gasteiger partial charge in [-0.05, 0) is 75.3 Å². The molecule has 1 fully saturated rings. The first kappa shape index (κ1) is 24.8. The van der Waals surface area contributed by atoms with E-state index in [1.54, 1.807) is 23.1 Å². The Labute approximate surface area is 216 Å². The van der Waals surface area contributed by atoms with E-state index in [0.29, 0.717) is 41.7 Å². The highest BCUT2D eigenvalue weighted by Crippen LogP contribution is 2.36. The maximum absolute atomic E-state index is 12.9. The zero-order valence-corrected chi connectivity index (χ0v) is 21.1. The van der Waals surface area contributed by atoms with Crippen LogP contribution in [0.15, 0.2) is 40.9 Å². The molecule has 2 N–H and O–H groups in total. The second-order valence-electron chi connectivity index (χ2n) is 9.92. The van der Waals surface area contributed by atoms with Crippen LogP contribution in [0, 0.1) is 11.3 Å². The normalized spacial score (nSPS) is 19.3. The lowest BCUT2D eigenvalue weighted by Gasteiger charge is -2.33. The first-order valence-electron chi connectivity index (χ1n) is 12.8. The monoisotopic (exact) mass is 501 g/mol. The Kier molecular flexibility index (Phi) is 7.10. The van der Waals surface area contributed by atoms with Crippen LogP contribution in [-0.4, -0.2) is 51.5 Å². The van der Waals surface area contributed by atoms with Crippen molar-refractivity contribution in [3.8, 4) is 34.7 Å². The molecule has 2 amide bonds. The number of hydrogen-bond donors (Lipinski definition) is 2. The molecule has 2 heterocycles. The number of carbonyl (C=O) groups excluding carboxylic acids is 1. The molecule has 5 rings (SSSR count). The lowest BCUT2D eigenvalue weighted by Crippen LogP contribution is -2.48. The van der Waals surface area contributed by atoms with E-state index in [9.17, 15) is 15.2 Å². The van der Waals surface area contributed by atoms with Gasteiger partial charge in [-0.2, -0.15) is 10.2 Å². The van der Waals surface area contributed by atoms with Gasteiger partial charge in [0.05, 0.1) is 23.8 Å². The first-order chi connectivity index (χ1) is 17.9. The van der Waals surface area contributed by atoms with Crippen LogP contribution in [0.3, 0.4) is 0 Å². The number of rotatable bonds is 5. The fourth-order valence-electron chi connectivity index (χ4n) is 5.14. The highest BCUT2D eigenvalue weighted by atomic mass is 16.5. The number of urea groups is 1. The summed E-state index contributed by atoms with van der Waals surface area (Å²) in [6.07, 6.45) is 3.66. The van der Waals surface area contributed by atoms with Crippen molar-refractivity contribution in [1.29, 1.82) is 5.26 Å². The second kappa shape index (κ2) is 10.6. The standard InChI is InChI=1S/C28H31N5O4/c1-17(2)36-25-12-11-18(14-19(25)15-29)27-31-26(32-37-27)23-9-3-8-22-21(23)7-4-10-24(22)30-28(35)33-13-5-6-20(34)16-33/h3,8-9,11-12,14,17,20,24,34H,4-7,10,13,16H2,1-2H3,(H,30,35)/t20-,24+/m0/s1. The summed E-state index contributed by atoms with van der Waals surface area (Å²) in [5.41, 5.74) is 4.08. The molecular weight excluding hydrogens is 470 g/mol. The Morgan fingerprint density at radius 1 is 1.27 bits per heavy atom. The Balaban J connectivity index is 1.39. The van der Waals surface area contributed by atoms with E-state index >= 15 is 0 Å². The van der Waals surface area contributed by atoms with Gasteiger partial charge in [-0.1, -0.05) is 23.4 Å². The molecule has 1 saturated heterocycles. The number of fused-ring (bicyclic) bond motifs is 1. The van der Waals surface area contributed by atoms with Gasteiger partial charge in [0.15, 0.2) is 0 Å². The van der Waals surface area contributed by atoms with E-state index < -0.39 is 6.10 Å². The molecule has 2 aromatic carbocycles. The molecule has 0 spiro atoms. The van der Waals surface area contributed by atoms with Gasteiger partial charge in [-0.15, -0.1) is 0 Å². The number of likely N-dealkylation sites (tertiary alicyclic amines) is 1. The van der Waals surface area contributed by atoms with E-state index in [4.69, 9.17) is 9.26 Å². The summed E-state index contributed by atoms with van der Waals surface area (Å²) in [6, 6.07) is 13.1. The van der Waals surface area contributed by atoms with Crippen molar-refractivity contribution in [2.45, 2.75) is 64.2 Å². The van der Waals surface area contributed by atoms with Gasteiger partial charge in [-0.25, -0.2) is 4.79 Å². The van der Waals surface area contributed by atoms with Crippen LogP contribution >= 0.6 is 0 Å². The lowest BCUT2D eigenvalue weighted by molar-refractivity contribution is 0.0830. The lowest BCUT2D eigenvalue weighted by atomic mass is 9.84. The van der Waals surface area contributed by atoms with Crippen LogP contribution < -0.4 is 10.1 Å². The average molecular weight is 502 g/mol. The molecule has 9 heteroatoms. The number of nitrogens with zero attached hydrogens (tertiary/aromatic N) is 4. The van der Waals surface area contributed by atoms with Crippen molar-refractivity contribution in [3.05, 3.63) is 53.1 Å². The molecule has 0 unspecified atom stereocenters. The van der Waals surface area contributed by atoms with Crippen LogP contribution in [0.2, 0.25) is 0 Å². The second-order valence-corrected chi connectivity index (χ2v) is 9.92. The molecular formula is C28H31N5O4. The predicted octanol–water partition coefficient (Wildman–Crippen LogP) is 4.61. The number of benzene rings is 2. The first-order valence-corrected chi connectivity index (χ1v) is 12.8. The minimum absolute atomic E-state index is 0.0442. The van der Waals surface area contributed by atoms with E-state index in [0.717, 1.165) is 48.8 Å².